The van der Waals surface area contributed by atoms with E-state index in [9.17, 15) is 4.79 Å². The molecule has 0 N–H and O–H groups in total. The molecule has 1 saturated carbocycles. The summed E-state index contributed by atoms with van der Waals surface area (Å²) in [6.45, 7) is 11.0. The molecule has 1 fully saturated rings. The number of hydrogen-bond acceptors (Lipinski definition) is 2. The number of rotatable bonds is 4. The van der Waals surface area contributed by atoms with Gasteiger partial charge in [0, 0.05) is 12.3 Å². The van der Waals surface area contributed by atoms with E-state index in [2.05, 4.69) is 27.7 Å². The first-order valence-corrected chi connectivity index (χ1v) is 8.69. The van der Waals surface area contributed by atoms with Gasteiger partial charge in [-0.25, -0.2) is 0 Å². The zero-order valence-corrected chi connectivity index (χ0v) is 14.6. The fourth-order valence-electron chi connectivity index (χ4n) is 4.32. The van der Waals surface area contributed by atoms with E-state index in [4.69, 9.17) is 4.74 Å². The molecule has 0 aromatic carbocycles. The van der Waals surface area contributed by atoms with Gasteiger partial charge >= 0.3 is 5.97 Å². The number of allylic oxidation sites excluding steroid dienone is 2. The summed E-state index contributed by atoms with van der Waals surface area (Å²) < 4.78 is 5.80. The van der Waals surface area contributed by atoms with Crippen LogP contribution in [0, 0.1) is 11.3 Å². The second-order valence-corrected chi connectivity index (χ2v) is 7.94. The van der Waals surface area contributed by atoms with Crippen molar-refractivity contribution in [2.45, 2.75) is 91.6 Å². The van der Waals surface area contributed by atoms with E-state index in [0.717, 1.165) is 12.8 Å². The molecule has 0 spiro atoms. The average Bonchev–Trinajstić information content (AvgIpc) is 2.37. The van der Waals surface area contributed by atoms with Crippen molar-refractivity contribution in [2.24, 2.45) is 11.3 Å². The molecule has 0 radical (unpaired) electrons. The molecule has 2 aliphatic rings. The molecule has 2 heteroatoms. The molecule has 0 aromatic rings. The second-order valence-electron chi connectivity index (χ2n) is 7.94. The Hall–Kier alpha value is -0.790. The second kappa shape index (κ2) is 6.14. The lowest BCUT2D eigenvalue weighted by Crippen LogP contribution is -2.42. The molecular formula is C19H32O2. The number of ether oxygens (including phenoxy) is 1. The van der Waals surface area contributed by atoms with E-state index in [1.54, 1.807) is 11.1 Å². The van der Waals surface area contributed by atoms with E-state index in [1.165, 1.54) is 32.1 Å². The van der Waals surface area contributed by atoms with Crippen LogP contribution in [0.3, 0.4) is 0 Å². The van der Waals surface area contributed by atoms with Gasteiger partial charge in [0.1, 0.15) is 5.60 Å². The van der Waals surface area contributed by atoms with Crippen LogP contribution in [0.2, 0.25) is 0 Å². The Morgan fingerprint density at radius 1 is 1.38 bits per heavy atom. The Balaban J connectivity index is 2.11. The van der Waals surface area contributed by atoms with Gasteiger partial charge in [0.15, 0.2) is 0 Å². The summed E-state index contributed by atoms with van der Waals surface area (Å²) in [4.78, 5) is 11.9. The molecule has 2 aliphatic carbocycles. The van der Waals surface area contributed by atoms with Crippen molar-refractivity contribution >= 4 is 5.97 Å². The Kier molecular flexibility index (Phi) is 4.85. The van der Waals surface area contributed by atoms with Gasteiger partial charge in [0.2, 0.25) is 0 Å². The lowest BCUT2D eigenvalue weighted by molar-refractivity contribution is -0.163. The van der Waals surface area contributed by atoms with Crippen molar-refractivity contribution in [1.29, 1.82) is 0 Å². The highest BCUT2D eigenvalue weighted by Gasteiger charge is 2.43. The minimum absolute atomic E-state index is 0.0369. The van der Waals surface area contributed by atoms with E-state index in [0.29, 0.717) is 17.8 Å². The Morgan fingerprint density at radius 3 is 2.76 bits per heavy atom. The number of fused-ring (bicyclic) bond motifs is 1. The minimum atomic E-state index is -0.335. The third kappa shape index (κ3) is 3.52. The standard InChI is InChI=1S/C19H32O2/c1-6-8-17(20)21-18(3,4)15-10-12-19(5)11-7-9-14(2)16(19)13-15/h15H,6-13H2,1-5H3/t15-,19+/m1/s1. The molecule has 0 unspecified atom stereocenters. The third-order valence-electron chi connectivity index (χ3n) is 5.83. The third-order valence-corrected chi connectivity index (χ3v) is 5.83. The summed E-state index contributed by atoms with van der Waals surface area (Å²) in [5.74, 6) is 0.430. The van der Waals surface area contributed by atoms with Gasteiger partial charge in [-0.05, 0) is 71.1 Å². The number of esters is 1. The predicted octanol–water partition coefficient (Wildman–Crippen LogP) is 5.42. The summed E-state index contributed by atoms with van der Waals surface area (Å²) >= 11 is 0. The fourth-order valence-corrected chi connectivity index (χ4v) is 4.32. The van der Waals surface area contributed by atoms with Crippen LogP contribution in [0.5, 0.6) is 0 Å². The van der Waals surface area contributed by atoms with Crippen molar-refractivity contribution < 1.29 is 9.53 Å². The van der Waals surface area contributed by atoms with Crippen molar-refractivity contribution in [1.82, 2.24) is 0 Å². The van der Waals surface area contributed by atoms with Crippen LogP contribution in [0.4, 0.5) is 0 Å². The van der Waals surface area contributed by atoms with Gasteiger partial charge in [-0.15, -0.1) is 0 Å². The summed E-state index contributed by atoms with van der Waals surface area (Å²) in [5.41, 5.74) is 3.36. The lowest BCUT2D eigenvalue weighted by atomic mass is 9.59. The summed E-state index contributed by atoms with van der Waals surface area (Å²) in [6.07, 6.45) is 8.88. The first kappa shape index (κ1) is 16.6. The lowest BCUT2D eigenvalue weighted by Gasteiger charge is -2.47. The molecule has 0 aromatic heterocycles. The van der Waals surface area contributed by atoms with E-state index in [1.807, 2.05) is 6.92 Å². The molecule has 0 bridgehead atoms. The van der Waals surface area contributed by atoms with Crippen molar-refractivity contribution in [2.75, 3.05) is 0 Å². The highest BCUT2D eigenvalue weighted by Crippen LogP contribution is 2.53. The zero-order chi connectivity index (χ0) is 15.7. The van der Waals surface area contributed by atoms with Gasteiger partial charge in [-0.1, -0.05) is 25.0 Å². The first-order valence-electron chi connectivity index (χ1n) is 8.69. The molecule has 0 amide bonds. The predicted molar refractivity (Wildman–Crippen MR) is 87.1 cm³/mol. The van der Waals surface area contributed by atoms with E-state index >= 15 is 0 Å². The van der Waals surface area contributed by atoms with Crippen LogP contribution in [0.1, 0.15) is 86.0 Å². The maximum absolute atomic E-state index is 11.9. The molecule has 0 aliphatic heterocycles. The Labute approximate surface area is 130 Å². The van der Waals surface area contributed by atoms with Crippen molar-refractivity contribution in [3.63, 3.8) is 0 Å². The Morgan fingerprint density at radius 2 is 2.10 bits per heavy atom. The monoisotopic (exact) mass is 292 g/mol. The molecule has 21 heavy (non-hydrogen) atoms. The van der Waals surface area contributed by atoms with Gasteiger partial charge in [-0.2, -0.15) is 0 Å². The molecule has 0 saturated heterocycles. The molecule has 2 rings (SSSR count). The number of carbonyl (C=O) groups excluding carboxylic acids is 1. The molecule has 2 atom stereocenters. The normalized spacial score (nSPS) is 30.0. The maximum Gasteiger partial charge on any atom is 0.306 e. The van der Waals surface area contributed by atoms with Crippen LogP contribution in [0.25, 0.3) is 0 Å². The summed E-state index contributed by atoms with van der Waals surface area (Å²) in [6, 6.07) is 0. The van der Waals surface area contributed by atoms with Crippen LogP contribution >= 0.6 is 0 Å². The largest absolute Gasteiger partial charge is 0.459 e. The van der Waals surface area contributed by atoms with Gasteiger partial charge in [0.05, 0.1) is 0 Å². The van der Waals surface area contributed by atoms with E-state index < -0.39 is 0 Å². The maximum atomic E-state index is 11.9. The van der Waals surface area contributed by atoms with Gasteiger partial charge < -0.3 is 4.74 Å². The van der Waals surface area contributed by atoms with Crippen LogP contribution in [0.15, 0.2) is 11.1 Å². The first-order chi connectivity index (χ1) is 9.78. The average molecular weight is 292 g/mol. The van der Waals surface area contributed by atoms with Crippen LogP contribution in [-0.4, -0.2) is 11.6 Å². The molecule has 120 valence electrons. The Bertz CT molecular complexity index is 433. The van der Waals surface area contributed by atoms with Crippen LogP contribution in [-0.2, 0) is 9.53 Å². The van der Waals surface area contributed by atoms with Crippen molar-refractivity contribution in [3.05, 3.63) is 11.1 Å². The number of hydrogen-bond donors (Lipinski definition) is 0. The van der Waals surface area contributed by atoms with Crippen LogP contribution < -0.4 is 0 Å². The smallest absolute Gasteiger partial charge is 0.306 e. The summed E-state index contributed by atoms with van der Waals surface area (Å²) in [7, 11) is 0. The minimum Gasteiger partial charge on any atom is -0.459 e. The zero-order valence-electron chi connectivity index (χ0n) is 14.6. The fraction of sp³-hybridized carbons (Fsp3) is 0.842. The van der Waals surface area contributed by atoms with Gasteiger partial charge in [-0.3, -0.25) is 4.79 Å². The van der Waals surface area contributed by atoms with Crippen molar-refractivity contribution in [3.8, 4) is 0 Å². The highest BCUT2D eigenvalue weighted by atomic mass is 16.6. The number of carbonyl (C=O) groups is 1. The SMILES string of the molecule is CCCC(=O)OC(C)(C)[C@@H]1CC[C@]2(C)CCCC(C)=C2C1. The quantitative estimate of drug-likeness (QED) is 0.511. The highest BCUT2D eigenvalue weighted by molar-refractivity contribution is 5.69. The molecule has 0 heterocycles. The topological polar surface area (TPSA) is 26.3 Å². The summed E-state index contributed by atoms with van der Waals surface area (Å²) in [5, 5.41) is 0. The van der Waals surface area contributed by atoms with E-state index in [-0.39, 0.29) is 11.6 Å². The van der Waals surface area contributed by atoms with Gasteiger partial charge in [0.25, 0.3) is 0 Å². The molecular weight excluding hydrogens is 260 g/mol. The molecule has 2 nitrogen and oxygen atoms in total.